The molecule has 1 saturated heterocycles. The second kappa shape index (κ2) is 8.58. The Morgan fingerprint density at radius 3 is 2.60 bits per heavy atom. The average molecular weight is 339 g/mol. The second-order valence-corrected chi connectivity index (χ2v) is 6.14. The summed E-state index contributed by atoms with van der Waals surface area (Å²) in [6, 6.07) is 14.1. The number of anilines is 1. The maximum atomic E-state index is 12.2. The number of aromatic nitrogens is 2. The predicted octanol–water partition coefficient (Wildman–Crippen LogP) is 1.79. The van der Waals surface area contributed by atoms with Gasteiger partial charge >= 0.3 is 0 Å². The van der Waals surface area contributed by atoms with E-state index in [1.165, 1.54) is 0 Å². The lowest BCUT2D eigenvalue weighted by Crippen LogP contribution is -2.40. The zero-order valence-corrected chi connectivity index (χ0v) is 14.7. The van der Waals surface area contributed by atoms with Crippen molar-refractivity contribution in [1.29, 1.82) is 0 Å². The van der Waals surface area contributed by atoms with Crippen LogP contribution < -0.4 is 10.2 Å². The number of nitrogens with one attached hydrogen (secondary N) is 1. The molecule has 2 aromatic rings. The van der Waals surface area contributed by atoms with Crippen LogP contribution in [0.15, 0.2) is 42.5 Å². The Balaban J connectivity index is 1.62. The number of hydrogen-bond acceptors (Lipinski definition) is 5. The predicted molar refractivity (Wildman–Crippen MR) is 99.4 cm³/mol. The Morgan fingerprint density at radius 1 is 1.04 bits per heavy atom. The van der Waals surface area contributed by atoms with Gasteiger partial charge in [0.15, 0.2) is 5.82 Å². The van der Waals surface area contributed by atoms with Crippen molar-refractivity contribution in [2.24, 2.45) is 0 Å². The molecule has 1 aliphatic rings. The molecule has 2 heterocycles. The van der Waals surface area contributed by atoms with E-state index in [1.54, 1.807) is 0 Å². The number of likely N-dealkylation sites (N-methyl/N-ethyl adjacent to an activating group) is 1. The quantitative estimate of drug-likeness (QED) is 0.900. The van der Waals surface area contributed by atoms with Gasteiger partial charge in [-0.15, -0.1) is 10.2 Å². The van der Waals surface area contributed by atoms with Crippen molar-refractivity contribution in [3.8, 4) is 11.3 Å². The largest absolute Gasteiger partial charge is 0.353 e. The summed E-state index contributed by atoms with van der Waals surface area (Å²) < 4.78 is 0. The molecule has 1 amide bonds. The van der Waals surface area contributed by atoms with Crippen molar-refractivity contribution in [3.05, 3.63) is 42.5 Å². The van der Waals surface area contributed by atoms with Gasteiger partial charge in [0, 0.05) is 31.7 Å². The van der Waals surface area contributed by atoms with Gasteiger partial charge in [-0.3, -0.25) is 4.79 Å². The van der Waals surface area contributed by atoms with Crippen LogP contribution in [0.3, 0.4) is 0 Å². The molecule has 0 bridgehead atoms. The van der Waals surface area contributed by atoms with Crippen LogP contribution in [-0.2, 0) is 4.79 Å². The minimum atomic E-state index is 0.175. The molecule has 132 valence electrons. The van der Waals surface area contributed by atoms with Gasteiger partial charge in [-0.1, -0.05) is 37.3 Å². The zero-order chi connectivity index (χ0) is 17.5. The van der Waals surface area contributed by atoms with Crippen LogP contribution in [0.25, 0.3) is 11.3 Å². The van der Waals surface area contributed by atoms with Crippen molar-refractivity contribution >= 4 is 11.7 Å². The van der Waals surface area contributed by atoms with Gasteiger partial charge in [-0.2, -0.15) is 0 Å². The van der Waals surface area contributed by atoms with E-state index in [9.17, 15) is 4.79 Å². The highest BCUT2D eigenvalue weighted by molar-refractivity contribution is 5.78. The van der Waals surface area contributed by atoms with Crippen LogP contribution in [0.4, 0.5) is 5.82 Å². The first kappa shape index (κ1) is 17.4. The smallest absolute Gasteiger partial charge is 0.236 e. The summed E-state index contributed by atoms with van der Waals surface area (Å²) in [6.45, 7) is 6.45. The number of carbonyl (C=O) groups excluding carboxylic acids is 1. The fourth-order valence-corrected chi connectivity index (χ4v) is 3.00. The van der Waals surface area contributed by atoms with Gasteiger partial charge < -0.3 is 15.1 Å². The third-order valence-electron chi connectivity index (χ3n) is 4.42. The first-order valence-electron chi connectivity index (χ1n) is 8.90. The number of amides is 1. The van der Waals surface area contributed by atoms with Gasteiger partial charge in [-0.25, -0.2) is 0 Å². The monoisotopic (exact) mass is 339 g/mol. The van der Waals surface area contributed by atoms with Gasteiger partial charge in [0.1, 0.15) is 0 Å². The minimum Gasteiger partial charge on any atom is -0.353 e. The SMILES string of the molecule is CCNCC(=O)N1CCCN(c2ccc(-c3ccccc3)nn2)CC1. The lowest BCUT2D eigenvalue weighted by molar-refractivity contribution is -0.130. The van der Waals surface area contributed by atoms with E-state index in [0.29, 0.717) is 6.54 Å². The maximum Gasteiger partial charge on any atom is 0.236 e. The van der Waals surface area contributed by atoms with Crippen molar-refractivity contribution in [3.63, 3.8) is 0 Å². The summed E-state index contributed by atoms with van der Waals surface area (Å²) >= 11 is 0. The van der Waals surface area contributed by atoms with E-state index in [2.05, 4.69) is 20.4 Å². The lowest BCUT2D eigenvalue weighted by Gasteiger charge is -2.22. The van der Waals surface area contributed by atoms with E-state index in [0.717, 1.165) is 56.2 Å². The summed E-state index contributed by atoms with van der Waals surface area (Å²) in [7, 11) is 0. The molecular formula is C19H25N5O. The average Bonchev–Trinajstić information content (AvgIpc) is 2.93. The third-order valence-corrected chi connectivity index (χ3v) is 4.42. The first-order chi connectivity index (χ1) is 12.3. The highest BCUT2D eigenvalue weighted by Crippen LogP contribution is 2.19. The van der Waals surface area contributed by atoms with Crippen molar-refractivity contribution in [1.82, 2.24) is 20.4 Å². The van der Waals surface area contributed by atoms with E-state index < -0.39 is 0 Å². The molecule has 6 nitrogen and oxygen atoms in total. The molecule has 0 unspecified atom stereocenters. The molecular weight excluding hydrogens is 314 g/mol. The highest BCUT2D eigenvalue weighted by atomic mass is 16.2. The van der Waals surface area contributed by atoms with E-state index >= 15 is 0 Å². The molecule has 1 aromatic carbocycles. The van der Waals surface area contributed by atoms with Crippen LogP contribution in [-0.4, -0.2) is 60.3 Å². The fourth-order valence-electron chi connectivity index (χ4n) is 3.00. The number of benzene rings is 1. The first-order valence-corrected chi connectivity index (χ1v) is 8.90. The minimum absolute atomic E-state index is 0.175. The molecule has 1 aliphatic heterocycles. The Bertz CT molecular complexity index is 674. The fraction of sp³-hybridized carbons (Fsp3) is 0.421. The Kier molecular flexibility index (Phi) is 5.95. The summed E-state index contributed by atoms with van der Waals surface area (Å²) in [4.78, 5) is 16.3. The third kappa shape index (κ3) is 4.54. The molecule has 0 spiro atoms. The topological polar surface area (TPSA) is 61.4 Å². The summed E-state index contributed by atoms with van der Waals surface area (Å²) in [5, 5.41) is 11.9. The number of hydrogen-bond donors (Lipinski definition) is 1. The van der Waals surface area contributed by atoms with Gasteiger partial charge in [0.2, 0.25) is 5.91 Å². The molecule has 6 heteroatoms. The van der Waals surface area contributed by atoms with Gasteiger partial charge in [-0.05, 0) is 25.1 Å². The number of carbonyl (C=O) groups is 1. The van der Waals surface area contributed by atoms with Crippen LogP contribution in [0.1, 0.15) is 13.3 Å². The standard InChI is InChI=1S/C19H25N5O/c1-2-20-15-19(25)24-12-6-11-23(13-14-24)18-10-9-17(21-22-18)16-7-4-3-5-8-16/h3-5,7-10,20H,2,6,11-15H2,1H3. The maximum absolute atomic E-state index is 12.2. The molecule has 1 aromatic heterocycles. The Labute approximate surface area is 148 Å². The van der Waals surface area contributed by atoms with Crippen LogP contribution >= 0.6 is 0 Å². The highest BCUT2D eigenvalue weighted by Gasteiger charge is 2.19. The Morgan fingerprint density at radius 2 is 1.88 bits per heavy atom. The van der Waals surface area contributed by atoms with E-state index in [4.69, 9.17) is 0 Å². The normalized spacial score (nSPS) is 15.1. The molecule has 0 radical (unpaired) electrons. The van der Waals surface area contributed by atoms with Crippen LogP contribution in [0.2, 0.25) is 0 Å². The summed E-state index contributed by atoms with van der Waals surface area (Å²) in [5.74, 6) is 1.05. The number of nitrogens with zero attached hydrogens (tertiary/aromatic N) is 4. The van der Waals surface area contributed by atoms with Crippen molar-refractivity contribution in [2.45, 2.75) is 13.3 Å². The Hall–Kier alpha value is -2.47. The van der Waals surface area contributed by atoms with Crippen LogP contribution in [0.5, 0.6) is 0 Å². The van der Waals surface area contributed by atoms with Gasteiger partial charge in [0.25, 0.3) is 0 Å². The molecule has 25 heavy (non-hydrogen) atoms. The van der Waals surface area contributed by atoms with Crippen molar-refractivity contribution < 1.29 is 4.79 Å². The molecule has 0 saturated carbocycles. The van der Waals surface area contributed by atoms with Crippen LogP contribution in [0, 0.1) is 0 Å². The van der Waals surface area contributed by atoms with Gasteiger partial charge in [0.05, 0.1) is 12.2 Å². The molecule has 0 aliphatic carbocycles. The second-order valence-electron chi connectivity index (χ2n) is 6.14. The zero-order valence-electron chi connectivity index (χ0n) is 14.7. The van der Waals surface area contributed by atoms with E-state index in [1.807, 2.05) is 54.3 Å². The molecule has 1 N–H and O–H groups in total. The summed E-state index contributed by atoms with van der Waals surface area (Å²) in [5.41, 5.74) is 1.94. The molecule has 1 fully saturated rings. The lowest BCUT2D eigenvalue weighted by atomic mass is 10.1. The molecule has 3 rings (SSSR count). The number of rotatable bonds is 5. The van der Waals surface area contributed by atoms with E-state index in [-0.39, 0.29) is 5.91 Å². The van der Waals surface area contributed by atoms with Crippen molar-refractivity contribution in [2.75, 3.05) is 44.2 Å². The summed E-state index contributed by atoms with van der Waals surface area (Å²) in [6.07, 6.45) is 0.944. The molecule has 0 atom stereocenters.